The van der Waals surface area contributed by atoms with Crippen molar-refractivity contribution in [2.24, 2.45) is 11.5 Å². The summed E-state index contributed by atoms with van der Waals surface area (Å²) in [5, 5.41) is 15.6. The Morgan fingerprint density at radius 1 is 1.06 bits per heavy atom. The van der Waals surface area contributed by atoms with Crippen LogP contribution in [0.15, 0.2) is 64.0 Å². The molecule has 0 saturated heterocycles. The molecular weight excluding hydrogens is 494 g/mol. The number of nitrogens with one attached hydrogen (secondary N) is 2. The number of imidazole rings is 1. The molecule has 174 valence electrons. The van der Waals surface area contributed by atoms with Gasteiger partial charge in [0, 0.05) is 29.8 Å². The highest BCUT2D eigenvalue weighted by Crippen LogP contribution is 2.27. The first kappa shape index (κ1) is 23.4. The van der Waals surface area contributed by atoms with E-state index in [1.165, 1.54) is 0 Å². The van der Waals surface area contributed by atoms with Crippen LogP contribution < -0.4 is 17.0 Å². The maximum atomic E-state index is 13.7. The molecule has 0 atom stereocenters. The van der Waals surface area contributed by atoms with Crippen LogP contribution in [0.2, 0.25) is 0 Å². The lowest BCUT2D eigenvalue weighted by Crippen LogP contribution is -2.24. The Morgan fingerprint density at radius 3 is 2.47 bits per heavy atom. The van der Waals surface area contributed by atoms with E-state index in [4.69, 9.17) is 27.3 Å². The third-order valence-electron chi connectivity index (χ3n) is 5.70. The Kier molecular flexibility index (Phi) is 6.39. The average molecular weight is 520 g/mol. The number of hydrogen-bond donors (Lipinski definition) is 4. The molecule has 4 rings (SSSR count). The molecule has 2 aromatic carbocycles. The molecule has 0 aliphatic carbocycles. The minimum atomic E-state index is -0.182. The van der Waals surface area contributed by atoms with E-state index in [-0.39, 0.29) is 29.7 Å². The predicted molar refractivity (Wildman–Crippen MR) is 139 cm³/mol. The summed E-state index contributed by atoms with van der Waals surface area (Å²) < 4.78 is 4.27. The summed E-state index contributed by atoms with van der Waals surface area (Å²) in [4.78, 5) is 18.5. The molecule has 0 bridgehead atoms. The van der Waals surface area contributed by atoms with Gasteiger partial charge in [0.2, 0.25) is 0 Å². The van der Waals surface area contributed by atoms with Crippen molar-refractivity contribution in [3.63, 3.8) is 0 Å². The lowest BCUT2D eigenvalue weighted by molar-refractivity contribution is 0.677. The summed E-state index contributed by atoms with van der Waals surface area (Å²) in [7, 11) is 0. The van der Waals surface area contributed by atoms with E-state index in [9.17, 15) is 4.79 Å². The van der Waals surface area contributed by atoms with Crippen LogP contribution in [0, 0.1) is 10.8 Å². The Bertz CT molecular complexity index is 1480. The number of amidine groups is 2. The zero-order valence-electron chi connectivity index (χ0n) is 19.0. The number of aromatic nitrogens is 3. The normalized spacial score (nSPS) is 11.3. The lowest BCUT2D eigenvalue weighted by atomic mass is 10.1. The first-order chi connectivity index (χ1) is 16.2. The number of nitrogen functional groups attached to an aromatic ring is 2. The van der Waals surface area contributed by atoms with Crippen LogP contribution in [0.4, 0.5) is 0 Å². The quantitative estimate of drug-likeness (QED) is 0.218. The molecule has 4 aromatic rings. The zero-order valence-corrected chi connectivity index (χ0v) is 20.6. The highest BCUT2D eigenvalue weighted by Gasteiger charge is 2.21. The summed E-state index contributed by atoms with van der Waals surface area (Å²) in [5.74, 6) is 0.835. The van der Waals surface area contributed by atoms with Crippen molar-refractivity contribution in [3.8, 4) is 0 Å². The monoisotopic (exact) mass is 519 g/mol. The summed E-state index contributed by atoms with van der Waals surface area (Å²) >= 11 is 3.61. The van der Waals surface area contributed by atoms with Crippen molar-refractivity contribution in [3.05, 3.63) is 97.6 Å². The summed E-state index contributed by atoms with van der Waals surface area (Å²) in [6.07, 6.45) is 1.74. The van der Waals surface area contributed by atoms with Gasteiger partial charge >= 0.3 is 0 Å². The van der Waals surface area contributed by atoms with Gasteiger partial charge < -0.3 is 20.6 Å². The minimum Gasteiger partial charge on any atom is -0.384 e. The fraction of sp³-hybridized carbons (Fsp3) is 0.200. The van der Waals surface area contributed by atoms with Gasteiger partial charge in [0.15, 0.2) is 0 Å². The van der Waals surface area contributed by atoms with Gasteiger partial charge in [0.1, 0.15) is 28.5 Å². The predicted octanol–water partition coefficient (Wildman–Crippen LogP) is 3.75. The van der Waals surface area contributed by atoms with Gasteiger partial charge in [0.25, 0.3) is 5.56 Å². The molecule has 0 spiro atoms. The Hall–Kier alpha value is -3.72. The molecule has 0 radical (unpaired) electrons. The third-order valence-corrected chi connectivity index (χ3v) is 6.28. The minimum absolute atomic E-state index is 0.00402. The SMILES string of the molecule is CC(C)c1nc2c(Br)cn(Cc3ccccc3C(=N)N)c(=O)c2n1Cc1cccc(C(=N)N)c1. The highest BCUT2D eigenvalue weighted by molar-refractivity contribution is 9.10. The van der Waals surface area contributed by atoms with Crippen LogP contribution in [0.5, 0.6) is 0 Å². The Labute approximate surface area is 205 Å². The molecule has 0 saturated carbocycles. The molecule has 8 nitrogen and oxygen atoms in total. The molecular formula is C25H26BrN7O. The fourth-order valence-electron chi connectivity index (χ4n) is 4.09. The zero-order chi connectivity index (χ0) is 24.6. The van der Waals surface area contributed by atoms with Crippen molar-refractivity contribution in [2.75, 3.05) is 0 Å². The molecule has 0 aliphatic rings. The number of nitrogens with two attached hydrogens (primary N) is 2. The second-order valence-electron chi connectivity index (χ2n) is 8.50. The van der Waals surface area contributed by atoms with Gasteiger partial charge in [-0.15, -0.1) is 0 Å². The Morgan fingerprint density at radius 2 is 1.79 bits per heavy atom. The standard InChI is InChI=1S/C25H26BrN7O/c1-14(2)24-31-20-19(26)13-32(12-17-7-3-4-9-18(17)23(29)30)25(34)21(20)33(24)11-15-6-5-8-16(10-15)22(27)28/h3-10,13-14H,11-12H2,1-2H3,(H3,27,28)(H3,29,30). The smallest absolute Gasteiger partial charge is 0.277 e. The average Bonchev–Trinajstić information content (AvgIpc) is 3.18. The number of pyridine rings is 1. The molecule has 2 aromatic heterocycles. The van der Waals surface area contributed by atoms with Crippen LogP contribution in [-0.4, -0.2) is 25.8 Å². The molecule has 9 heteroatoms. The van der Waals surface area contributed by atoms with Gasteiger partial charge in [-0.25, -0.2) is 4.98 Å². The molecule has 0 fully saturated rings. The third kappa shape index (κ3) is 4.38. The second-order valence-corrected chi connectivity index (χ2v) is 9.36. The van der Waals surface area contributed by atoms with Crippen molar-refractivity contribution in [2.45, 2.75) is 32.9 Å². The number of hydrogen-bond acceptors (Lipinski definition) is 4. The fourth-order valence-corrected chi connectivity index (χ4v) is 4.61. The molecule has 0 unspecified atom stereocenters. The first-order valence-electron chi connectivity index (χ1n) is 10.8. The Balaban J connectivity index is 1.89. The van der Waals surface area contributed by atoms with Crippen LogP contribution in [0.25, 0.3) is 11.0 Å². The van der Waals surface area contributed by atoms with E-state index in [1.807, 2.05) is 54.8 Å². The van der Waals surface area contributed by atoms with E-state index in [2.05, 4.69) is 15.9 Å². The van der Waals surface area contributed by atoms with E-state index in [0.717, 1.165) is 17.0 Å². The van der Waals surface area contributed by atoms with E-state index in [0.29, 0.717) is 33.2 Å². The van der Waals surface area contributed by atoms with Crippen LogP contribution in [0.3, 0.4) is 0 Å². The molecule has 0 amide bonds. The van der Waals surface area contributed by atoms with E-state index >= 15 is 0 Å². The maximum Gasteiger partial charge on any atom is 0.277 e. The largest absolute Gasteiger partial charge is 0.384 e. The number of benzene rings is 2. The number of rotatable bonds is 7. The molecule has 34 heavy (non-hydrogen) atoms. The summed E-state index contributed by atoms with van der Waals surface area (Å²) in [6, 6.07) is 14.8. The van der Waals surface area contributed by atoms with Gasteiger partial charge in [-0.05, 0) is 33.1 Å². The van der Waals surface area contributed by atoms with Gasteiger partial charge in [-0.2, -0.15) is 0 Å². The van der Waals surface area contributed by atoms with E-state index in [1.54, 1.807) is 22.9 Å². The molecule has 0 aliphatic heterocycles. The molecule has 6 N–H and O–H groups in total. The topological polar surface area (TPSA) is 140 Å². The first-order valence-corrected chi connectivity index (χ1v) is 11.6. The number of halogens is 1. The van der Waals surface area contributed by atoms with Crippen LogP contribution in [-0.2, 0) is 13.1 Å². The highest BCUT2D eigenvalue weighted by atomic mass is 79.9. The van der Waals surface area contributed by atoms with Crippen LogP contribution >= 0.6 is 15.9 Å². The second kappa shape index (κ2) is 9.26. The van der Waals surface area contributed by atoms with Crippen molar-refractivity contribution < 1.29 is 0 Å². The summed E-state index contributed by atoms with van der Waals surface area (Å²) in [6.45, 7) is 4.77. The maximum absolute atomic E-state index is 13.7. The van der Waals surface area contributed by atoms with Gasteiger partial charge in [0.05, 0.1) is 11.0 Å². The van der Waals surface area contributed by atoms with Crippen molar-refractivity contribution in [1.82, 2.24) is 14.1 Å². The van der Waals surface area contributed by atoms with Crippen molar-refractivity contribution in [1.29, 1.82) is 10.8 Å². The summed E-state index contributed by atoms with van der Waals surface area (Å²) in [5.41, 5.74) is 15.3. The van der Waals surface area contributed by atoms with Gasteiger partial charge in [-0.1, -0.05) is 56.3 Å². The van der Waals surface area contributed by atoms with E-state index < -0.39 is 0 Å². The van der Waals surface area contributed by atoms with Crippen LogP contribution in [0.1, 0.15) is 47.8 Å². The lowest BCUT2D eigenvalue weighted by Gasteiger charge is -2.14. The molecule has 2 heterocycles. The van der Waals surface area contributed by atoms with Crippen molar-refractivity contribution >= 4 is 38.6 Å². The van der Waals surface area contributed by atoms with Gasteiger partial charge in [-0.3, -0.25) is 15.6 Å². The number of fused-ring (bicyclic) bond motifs is 1. The number of nitrogens with zero attached hydrogens (tertiary/aromatic N) is 3.